The number of anilines is 1. The van der Waals surface area contributed by atoms with Crippen LogP contribution in [0.5, 0.6) is 5.75 Å². The van der Waals surface area contributed by atoms with E-state index < -0.39 is 0 Å². The fourth-order valence-corrected chi connectivity index (χ4v) is 3.17. The van der Waals surface area contributed by atoms with Gasteiger partial charge in [-0.25, -0.2) is 9.97 Å². The van der Waals surface area contributed by atoms with Gasteiger partial charge in [-0.2, -0.15) is 0 Å². The van der Waals surface area contributed by atoms with Crippen molar-refractivity contribution in [3.8, 4) is 11.4 Å². The lowest BCUT2D eigenvalue weighted by Crippen LogP contribution is -2.00. The van der Waals surface area contributed by atoms with Crippen molar-refractivity contribution in [2.75, 3.05) is 12.8 Å². The average molecular weight is 296 g/mol. The van der Waals surface area contributed by atoms with E-state index >= 15 is 0 Å². The Morgan fingerprint density at radius 3 is 2.90 bits per heavy atom. The van der Waals surface area contributed by atoms with Crippen molar-refractivity contribution in [1.29, 1.82) is 0 Å². The molecule has 0 saturated heterocycles. The molecular formula is C15H12N4OS. The Morgan fingerprint density at radius 2 is 2.05 bits per heavy atom. The van der Waals surface area contributed by atoms with Crippen LogP contribution in [0.4, 0.5) is 5.95 Å². The summed E-state index contributed by atoms with van der Waals surface area (Å²) in [5.41, 5.74) is 11.7. The monoisotopic (exact) mass is 296 g/mol. The number of nitrogen functional groups attached to an aromatic ring is 1. The Hall–Kier alpha value is -2.60. The van der Waals surface area contributed by atoms with Gasteiger partial charge in [-0.3, -0.25) is 4.57 Å². The van der Waals surface area contributed by atoms with Crippen LogP contribution in [0, 0.1) is 0 Å². The molecular weight excluding hydrogens is 284 g/mol. The summed E-state index contributed by atoms with van der Waals surface area (Å²) in [5, 5.41) is 0. The SMILES string of the molecule is COc1ccc2c(c1)nc(N)n2-c1ccc2ncsc2c1. The van der Waals surface area contributed by atoms with Crippen LogP contribution >= 0.6 is 11.3 Å². The summed E-state index contributed by atoms with van der Waals surface area (Å²) in [6, 6.07) is 11.8. The molecule has 0 aliphatic rings. The molecule has 0 saturated carbocycles. The molecule has 6 heteroatoms. The fourth-order valence-electron chi connectivity index (χ4n) is 2.46. The lowest BCUT2D eigenvalue weighted by Gasteiger charge is -2.06. The Morgan fingerprint density at radius 1 is 1.14 bits per heavy atom. The number of imidazole rings is 1. The Balaban J connectivity index is 1.98. The van der Waals surface area contributed by atoms with Crippen molar-refractivity contribution in [2.45, 2.75) is 0 Å². The van der Waals surface area contributed by atoms with Gasteiger partial charge in [0.05, 0.1) is 39.6 Å². The van der Waals surface area contributed by atoms with Crippen LogP contribution < -0.4 is 10.5 Å². The summed E-state index contributed by atoms with van der Waals surface area (Å²) in [5.74, 6) is 1.23. The first-order valence-corrected chi connectivity index (χ1v) is 7.30. The Bertz CT molecular complexity index is 957. The lowest BCUT2D eigenvalue weighted by molar-refractivity contribution is 0.415. The van der Waals surface area contributed by atoms with Crippen molar-refractivity contribution >= 4 is 38.5 Å². The highest BCUT2D eigenvalue weighted by atomic mass is 32.1. The molecule has 4 aromatic rings. The topological polar surface area (TPSA) is 66.0 Å². The summed E-state index contributed by atoms with van der Waals surface area (Å²) < 4.78 is 8.29. The van der Waals surface area contributed by atoms with Gasteiger partial charge in [0.1, 0.15) is 5.75 Å². The number of ether oxygens (including phenoxy) is 1. The van der Waals surface area contributed by atoms with Crippen LogP contribution in [0.2, 0.25) is 0 Å². The zero-order chi connectivity index (χ0) is 14.4. The second kappa shape index (κ2) is 4.46. The number of fused-ring (bicyclic) bond motifs is 2. The second-order valence-corrected chi connectivity index (χ2v) is 5.55. The molecule has 4 rings (SSSR count). The Kier molecular flexibility index (Phi) is 2.58. The molecule has 0 fully saturated rings. The second-order valence-electron chi connectivity index (χ2n) is 4.66. The summed E-state index contributed by atoms with van der Waals surface area (Å²) in [6.45, 7) is 0. The number of thiazole rings is 1. The van der Waals surface area contributed by atoms with Crippen LogP contribution in [0.15, 0.2) is 41.9 Å². The van der Waals surface area contributed by atoms with Crippen LogP contribution in [0.1, 0.15) is 0 Å². The standard InChI is InChI=1S/C15H12N4OS/c1-20-10-3-5-13-12(7-10)18-15(16)19(13)9-2-4-11-14(6-9)21-8-17-11/h2-8H,1H3,(H2,16,18). The van der Waals surface area contributed by atoms with Gasteiger partial charge in [0.25, 0.3) is 0 Å². The van der Waals surface area contributed by atoms with E-state index in [1.807, 2.05) is 40.4 Å². The van der Waals surface area contributed by atoms with E-state index in [1.54, 1.807) is 18.4 Å². The van der Waals surface area contributed by atoms with Crippen LogP contribution in [-0.2, 0) is 0 Å². The molecule has 0 radical (unpaired) electrons. The number of benzene rings is 2. The number of rotatable bonds is 2. The van der Waals surface area contributed by atoms with Crippen molar-refractivity contribution in [1.82, 2.24) is 14.5 Å². The molecule has 0 atom stereocenters. The van der Waals surface area contributed by atoms with E-state index in [0.29, 0.717) is 5.95 Å². The van der Waals surface area contributed by atoms with E-state index in [1.165, 1.54) is 0 Å². The summed E-state index contributed by atoms with van der Waals surface area (Å²) in [4.78, 5) is 8.71. The van der Waals surface area contributed by atoms with Gasteiger partial charge >= 0.3 is 0 Å². The van der Waals surface area contributed by atoms with E-state index in [9.17, 15) is 0 Å². The molecule has 0 unspecified atom stereocenters. The zero-order valence-electron chi connectivity index (χ0n) is 11.3. The van der Waals surface area contributed by atoms with Gasteiger partial charge in [0.15, 0.2) is 0 Å². The largest absolute Gasteiger partial charge is 0.497 e. The normalized spacial score (nSPS) is 11.3. The van der Waals surface area contributed by atoms with Crippen molar-refractivity contribution in [3.63, 3.8) is 0 Å². The van der Waals surface area contributed by atoms with Crippen LogP contribution in [0.25, 0.3) is 26.9 Å². The van der Waals surface area contributed by atoms with Crippen LogP contribution in [-0.4, -0.2) is 21.6 Å². The highest BCUT2D eigenvalue weighted by Gasteiger charge is 2.11. The minimum absolute atomic E-state index is 0.460. The van der Waals surface area contributed by atoms with Gasteiger partial charge in [-0.1, -0.05) is 0 Å². The molecule has 21 heavy (non-hydrogen) atoms. The summed E-state index contributed by atoms with van der Waals surface area (Å²) >= 11 is 1.61. The minimum atomic E-state index is 0.460. The minimum Gasteiger partial charge on any atom is -0.497 e. The molecule has 104 valence electrons. The number of hydrogen-bond donors (Lipinski definition) is 1. The maximum Gasteiger partial charge on any atom is 0.205 e. The zero-order valence-corrected chi connectivity index (χ0v) is 12.1. The third-order valence-corrected chi connectivity index (χ3v) is 4.25. The fraction of sp³-hybridized carbons (Fsp3) is 0.0667. The highest BCUT2D eigenvalue weighted by molar-refractivity contribution is 7.16. The van der Waals surface area contributed by atoms with Gasteiger partial charge < -0.3 is 10.5 Å². The van der Waals surface area contributed by atoms with Gasteiger partial charge in [-0.15, -0.1) is 11.3 Å². The number of nitrogens with two attached hydrogens (primary N) is 1. The highest BCUT2D eigenvalue weighted by Crippen LogP contribution is 2.28. The van der Waals surface area contributed by atoms with E-state index in [0.717, 1.165) is 32.7 Å². The van der Waals surface area contributed by atoms with E-state index in [-0.39, 0.29) is 0 Å². The third-order valence-electron chi connectivity index (χ3n) is 3.46. The number of methoxy groups -OCH3 is 1. The van der Waals surface area contributed by atoms with Gasteiger partial charge in [-0.05, 0) is 30.3 Å². The maximum atomic E-state index is 6.10. The number of nitrogens with zero attached hydrogens (tertiary/aromatic N) is 3. The Labute approximate surface area is 124 Å². The quantitative estimate of drug-likeness (QED) is 0.617. The lowest BCUT2D eigenvalue weighted by atomic mass is 10.2. The van der Waals surface area contributed by atoms with Gasteiger partial charge in [0, 0.05) is 6.07 Å². The summed E-state index contributed by atoms with van der Waals surface area (Å²) in [6.07, 6.45) is 0. The molecule has 2 heterocycles. The molecule has 0 aliphatic carbocycles. The smallest absolute Gasteiger partial charge is 0.205 e. The van der Waals surface area contributed by atoms with Crippen molar-refractivity contribution < 1.29 is 4.74 Å². The van der Waals surface area contributed by atoms with Crippen LogP contribution in [0.3, 0.4) is 0 Å². The average Bonchev–Trinajstić information content (AvgIpc) is 3.08. The van der Waals surface area contributed by atoms with E-state index in [2.05, 4.69) is 16.0 Å². The van der Waals surface area contributed by atoms with Crippen molar-refractivity contribution in [2.24, 2.45) is 0 Å². The maximum absolute atomic E-state index is 6.10. The first-order valence-electron chi connectivity index (χ1n) is 6.42. The van der Waals surface area contributed by atoms with Crippen molar-refractivity contribution in [3.05, 3.63) is 41.9 Å². The molecule has 2 aromatic carbocycles. The molecule has 2 aromatic heterocycles. The summed E-state index contributed by atoms with van der Waals surface area (Å²) in [7, 11) is 1.64. The molecule has 2 N–H and O–H groups in total. The first-order chi connectivity index (χ1) is 10.3. The molecule has 0 bridgehead atoms. The molecule has 5 nitrogen and oxygen atoms in total. The predicted molar refractivity (Wildman–Crippen MR) is 85.2 cm³/mol. The number of hydrogen-bond acceptors (Lipinski definition) is 5. The number of aromatic nitrogens is 3. The van der Waals surface area contributed by atoms with E-state index in [4.69, 9.17) is 10.5 Å². The molecule has 0 aliphatic heterocycles. The molecule has 0 spiro atoms. The molecule has 0 amide bonds. The third kappa shape index (κ3) is 1.84. The predicted octanol–water partition coefficient (Wildman–Crippen LogP) is 3.23. The first kappa shape index (κ1) is 12.2. The van der Waals surface area contributed by atoms with Gasteiger partial charge in [0.2, 0.25) is 5.95 Å².